The van der Waals surface area contributed by atoms with Crippen LogP contribution in [0.25, 0.3) is 0 Å². The van der Waals surface area contributed by atoms with Gasteiger partial charge in [0.05, 0.1) is 6.04 Å². The number of amidine groups is 1. The van der Waals surface area contributed by atoms with Crippen molar-refractivity contribution >= 4 is 11.9 Å². The lowest BCUT2D eigenvalue weighted by molar-refractivity contribution is 0.149. The zero-order valence-electron chi connectivity index (χ0n) is 9.46. The third-order valence-corrected chi connectivity index (χ3v) is 1.77. The molecule has 0 heterocycles. The van der Waals surface area contributed by atoms with Gasteiger partial charge in [-0.3, -0.25) is 5.41 Å². The first-order chi connectivity index (χ1) is 6.79. The maximum atomic E-state index is 11.2. The number of ether oxygens (including phenoxy) is 1. The molecule has 0 aromatic rings. The first-order valence-corrected chi connectivity index (χ1v) is 4.67. The van der Waals surface area contributed by atoms with E-state index in [4.69, 9.17) is 15.9 Å². The number of alkyl carbamates (subject to hydrolysis) is 1. The highest BCUT2D eigenvalue weighted by molar-refractivity contribution is 5.87. The molecule has 1 amide bonds. The molecule has 0 rings (SSSR count). The molecule has 0 aliphatic heterocycles. The summed E-state index contributed by atoms with van der Waals surface area (Å²) in [6.45, 7) is 9.21. The summed E-state index contributed by atoms with van der Waals surface area (Å²) in [4.78, 5) is 11.2. The van der Waals surface area contributed by atoms with E-state index >= 15 is 0 Å². The van der Waals surface area contributed by atoms with Crippen LogP contribution >= 0.6 is 0 Å². The first-order valence-electron chi connectivity index (χ1n) is 4.67. The summed E-state index contributed by atoms with van der Waals surface area (Å²) >= 11 is 0. The Labute approximate surface area is 90.2 Å². The third kappa shape index (κ3) is 5.05. The highest BCUT2D eigenvalue weighted by atomic mass is 16.5. The van der Waals surface area contributed by atoms with Crippen molar-refractivity contribution in [3.05, 3.63) is 12.7 Å². The van der Waals surface area contributed by atoms with Gasteiger partial charge in [-0.2, -0.15) is 0 Å². The first kappa shape index (κ1) is 13.5. The molecule has 0 saturated carbocycles. The summed E-state index contributed by atoms with van der Waals surface area (Å²) in [6, 6.07) is -0.533. The minimum absolute atomic E-state index is 0.0851. The molecule has 1 unspecified atom stereocenters. The molecule has 1 atom stereocenters. The lowest BCUT2D eigenvalue weighted by atomic mass is 9.86. The van der Waals surface area contributed by atoms with Gasteiger partial charge < -0.3 is 15.8 Å². The molecule has 0 aliphatic rings. The Kier molecular flexibility index (Phi) is 4.84. The number of nitrogens with one attached hydrogen (secondary N) is 2. The van der Waals surface area contributed by atoms with E-state index in [9.17, 15) is 4.79 Å². The largest absolute Gasteiger partial charge is 0.445 e. The van der Waals surface area contributed by atoms with Gasteiger partial charge in [-0.1, -0.05) is 33.4 Å². The lowest BCUT2D eigenvalue weighted by Gasteiger charge is -2.29. The van der Waals surface area contributed by atoms with Gasteiger partial charge in [0.1, 0.15) is 12.4 Å². The smallest absolute Gasteiger partial charge is 0.408 e. The number of carbonyl (C=O) groups is 1. The third-order valence-electron chi connectivity index (χ3n) is 1.77. The number of nitrogens with two attached hydrogens (primary N) is 1. The van der Waals surface area contributed by atoms with Crippen LogP contribution < -0.4 is 11.1 Å². The van der Waals surface area contributed by atoms with E-state index in [0.717, 1.165) is 0 Å². The Morgan fingerprint density at radius 2 is 2.20 bits per heavy atom. The van der Waals surface area contributed by atoms with Crippen LogP contribution in [0.5, 0.6) is 0 Å². The van der Waals surface area contributed by atoms with Gasteiger partial charge in [0.15, 0.2) is 0 Å². The Balaban J connectivity index is 4.37. The molecule has 0 aromatic heterocycles. The van der Waals surface area contributed by atoms with Crippen molar-refractivity contribution in [2.45, 2.75) is 26.8 Å². The monoisotopic (exact) mass is 213 g/mol. The van der Waals surface area contributed by atoms with Crippen molar-refractivity contribution in [3.8, 4) is 0 Å². The quantitative estimate of drug-likeness (QED) is 0.373. The second kappa shape index (κ2) is 5.38. The minimum Gasteiger partial charge on any atom is -0.445 e. The van der Waals surface area contributed by atoms with Crippen LogP contribution in [0.15, 0.2) is 12.7 Å². The Bertz CT molecular complexity index is 256. The van der Waals surface area contributed by atoms with Gasteiger partial charge in [-0.05, 0) is 5.41 Å². The van der Waals surface area contributed by atoms with Gasteiger partial charge in [0.2, 0.25) is 0 Å². The standard InChI is InChI=1S/C10H19N3O2/c1-5-6-15-9(14)13-7(8(11)12)10(2,3)4/h5,7H,1,6H2,2-4H3,(H3,11,12)(H,13,14). The van der Waals surface area contributed by atoms with Crippen molar-refractivity contribution in [3.63, 3.8) is 0 Å². The highest BCUT2D eigenvalue weighted by Crippen LogP contribution is 2.18. The van der Waals surface area contributed by atoms with Crippen LogP contribution in [0, 0.1) is 10.8 Å². The Morgan fingerprint density at radius 1 is 1.67 bits per heavy atom. The van der Waals surface area contributed by atoms with E-state index in [-0.39, 0.29) is 17.9 Å². The average Bonchev–Trinajstić information content (AvgIpc) is 2.08. The molecule has 0 bridgehead atoms. The summed E-state index contributed by atoms with van der Waals surface area (Å²) in [7, 11) is 0. The topological polar surface area (TPSA) is 88.2 Å². The van der Waals surface area contributed by atoms with Crippen LogP contribution in [0.2, 0.25) is 0 Å². The molecule has 5 heteroatoms. The summed E-state index contributed by atoms with van der Waals surface area (Å²) in [5, 5.41) is 9.90. The summed E-state index contributed by atoms with van der Waals surface area (Å²) in [6.07, 6.45) is 0.879. The zero-order valence-corrected chi connectivity index (χ0v) is 9.46. The maximum Gasteiger partial charge on any atom is 0.408 e. The summed E-state index contributed by atoms with van der Waals surface area (Å²) < 4.78 is 4.75. The summed E-state index contributed by atoms with van der Waals surface area (Å²) in [5.74, 6) is -0.0851. The van der Waals surface area contributed by atoms with Crippen molar-refractivity contribution in [1.82, 2.24) is 5.32 Å². The molecule has 0 saturated heterocycles. The van der Waals surface area contributed by atoms with Gasteiger partial charge >= 0.3 is 6.09 Å². The molecule has 0 radical (unpaired) electrons. The van der Waals surface area contributed by atoms with E-state index in [0.29, 0.717) is 0 Å². The fraction of sp³-hybridized carbons (Fsp3) is 0.600. The molecule has 4 N–H and O–H groups in total. The molecular weight excluding hydrogens is 194 g/mol. The Morgan fingerprint density at radius 3 is 2.53 bits per heavy atom. The number of hydrogen-bond donors (Lipinski definition) is 3. The van der Waals surface area contributed by atoms with E-state index in [1.165, 1.54) is 6.08 Å². The molecule has 86 valence electrons. The van der Waals surface area contributed by atoms with Crippen LogP contribution in [0.3, 0.4) is 0 Å². The molecule has 15 heavy (non-hydrogen) atoms. The highest BCUT2D eigenvalue weighted by Gasteiger charge is 2.29. The second-order valence-electron chi connectivity index (χ2n) is 4.29. The predicted octanol–water partition coefficient (Wildman–Crippen LogP) is 1.25. The average molecular weight is 213 g/mol. The van der Waals surface area contributed by atoms with Crippen LogP contribution in [-0.2, 0) is 4.74 Å². The fourth-order valence-electron chi connectivity index (χ4n) is 1.05. The van der Waals surface area contributed by atoms with Crippen molar-refractivity contribution in [2.75, 3.05) is 6.61 Å². The van der Waals surface area contributed by atoms with E-state index in [1.54, 1.807) is 0 Å². The van der Waals surface area contributed by atoms with Crippen molar-refractivity contribution < 1.29 is 9.53 Å². The minimum atomic E-state index is -0.593. The van der Waals surface area contributed by atoms with Gasteiger partial charge in [0, 0.05) is 0 Å². The molecular formula is C10H19N3O2. The van der Waals surface area contributed by atoms with Crippen LogP contribution in [0.4, 0.5) is 4.79 Å². The molecule has 0 spiro atoms. The molecule has 0 fully saturated rings. The van der Waals surface area contributed by atoms with Gasteiger partial charge in [0.25, 0.3) is 0 Å². The SMILES string of the molecule is C=CCOC(=O)NC(C(=N)N)C(C)(C)C. The number of rotatable bonds is 4. The summed E-state index contributed by atoms with van der Waals surface area (Å²) in [5.41, 5.74) is 5.07. The normalized spacial score (nSPS) is 12.7. The second-order valence-corrected chi connectivity index (χ2v) is 4.29. The number of carbonyl (C=O) groups excluding carboxylic acids is 1. The van der Waals surface area contributed by atoms with Crippen molar-refractivity contribution in [1.29, 1.82) is 5.41 Å². The van der Waals surface area contributed by atoms with Crippen LogP contribution in [-0.4, -0.2) is 24.6 Å². The van der Waals surface area contributed by atoms with E-state index in [2.05, 4.69) is 11.9 Å². The van der Waals surface area contributed by atoms with E-state index in [1.807, 2.05) is 20.8 Å². The van der Waals surface area contributed by atoms with Crippen molar-refractivity contribution in [2.24, 2.45) is 11.1 Å². The zero-order chi connectivity index (χ0) is 12.1. The van der Waals surface area contributed by atoms with Crippen LogP contribution in [0.1, 0.15) is 20.8 Å². The van der Waals surface area contributed by atoms with E-state index < -0.39 is 12.1 Å². The maximum absolute atomic E-state index is 11.2. The van der Waals surface area contributed by atoms with Gasteiger partial charge in [-0.15, -0.1) is 0 Å². The van der Waals surface area contributed by atoms with Gasteiger partial charge in [-0.25, -0.2) is 4.79 Å². The Hall–Kier alpha value is -1.52. The number of hydrogen-bond acceptors (Lipinski definition) is 3. The number of amides is 1. The molecule has 5 nitrogen and oxygen atoms in total. The molecule has 0 aromatic carbocycles. The fourth-order valence-corrected chi connectivity index (χ4v) is 1.05. The molecule has 0 aliphatic carbocycles. The predicted molar refractivity (Wildman–Crippen MR) is 59.8 cm³/mol. The lowest BCUT2D eigenvalue weighted by Crippen LogP contribution is -2.51.